The fraction of sp³-hybridized carbons (Fsp3) is 0.462. The molecule has 0 heterocycles. The summed E-state index contributed by atoms with van der Waals surface area (Å²) < 4.78 is 66.5. The number of hydrogen-bond donors (Lipinski definition) is 1. The summed E-state index contributed by atoms with van der Waals surface area (Å²) >= 11 is 0. The lowest BCUT2D eigenvalue weighted by molar-refractivity contribution is 0.0728. The number of halogens is 5. The number of nitrogens with two attached hydrogens (primary N) is 1. The third-order valence-corrected chi connectivity index (χ3v) is 3.28. The van der Waals surface area contributed by atoms with Gasteiger partial charge in [0.05, 0.1) is 0 Å². The number of nitrogens with zero attached hydrogens (tertiary/aromatic N) is 1. The SMILES string of the molecule is NCCCN(C(=O)c1c(F)c(F)c(F)c(F)c1F)C1CC1. The van der Waals surface area contributed by atoms with Gasteiger partial charge in [0.1, 0.15) is 5.56 Å². The Hall–Kier alpha value is -1.70. The van der Waals surface area contributed by atoms with E-state index in [1.54, 1.807) is 0 Å². The van der Waals surface area contributed by atoms with Crippen LogP contribution in [0.1, 0.15) is 29.6 Å². The van der Waals surface area contributed by atoms with Gasteiger partial charge in [0, 0.05) is 12.6 Å². The predicted octanol–water partition coefficient (Wildman–Crippen LogP) is 2.34. The van der Waals surface area contributed by atoms with Crippen molar-refractivity contribution in [3.63, 3.8) is 0 Å². The van der Waals surface area contributed by atoms with Crippen molar-refractivity contribution in [3.8, 4) is 0 Å². The van der Waals surface area contributed by atoms with Gasteiger partial charge < -0.3 is 10.6 Å². The lowest BCUT2D eigenvalue weighted by Gasteiger charge is -2.23. The number of benzene rings is 1. The fourth-order valence-corrected chi connectivity index (χ4v) is 2.03. The van der Waals surface area contributed by atoms with Crippen molar-refractivity contribution < 1.29 is 26.7 Å². The number of amides is 1. The molecule has 0 atom stereocenters. The largest absolute Gasteiger partial charge is 0.335 e. The van der Waals surface area contributed by atoms with Gasteiger partial charge >= 0.3 is 0 Å². The summed E-state index contributed by atoms with van der Waals surface area (Å²) in [6, 6.07) is -0.237. The highest BCUT2D eigenvalue weighted by Crippen LogP contribution is 2.31. The van der Waals surface area contributed by atoms with Gasteiger partial charge in [0.25, 0.3) is 5.91 Å². The van der Waals surface area contributed by atoms with Crippen molar-refractivity contribution in [2.24, 2.45) is 5.73 Å². The fourth-order valence-electron chi connectivity index (χ4n) is 2.03. The highest BCUT2D eigenvalue weighted by Gasteiger charge is 2.37. The summed E-state index contributed by atoms with van der Waals surface area (Å²) in [5.74, 6) is -11.9. The van der Waals surface area contributed by atoms with Gasteiger partial charge in [-0.3, -0.25) is 4.79 Å². The Morgan fingerprint density at radius 3 is 1.90 bits per heavy atom. The van der Waals surface area contributed by atoms with E-state index < -0.39 is 40.6 Å². The van der Waals surface area contributed by atoms with Crippen molar-refractivity contribution in [1.29, 1.82) is 0 Å². The predicted molar refractivity (Wildman–Crippen MR) is 64.0 cm³/mol. The molecule has 0 unspecified atom stereocenters. The number of carbonyl (C=O) groups is 1. The molecule has 2 N–H and O–H groups in total. The van der Waals surface area contributed by atoms with Crippen LogP contribution in [0.2, 0.25) is 0 Å². The van der Waals surface area contributed by atoms with Crippen molar-refractivity contribution in [2.75, 3.05) is 13.1 Å². The third-order valence-electron chi connectivity index (χ3n) is 3.28. The molecule has 1 amide bonds. The molecule has 0 radical (unpaired) electrons. The van der Waals surface area contributed by atoms with Gasteiger partial charge in [0.2, 0.25) is 5.82 Å². The first-order valence-corrected chi connectivity index (χ1v) is 6.42. The van der Waals surface area contributed by atoms with E-state index in [4.69, 9.17) is 5.73 Å². The Kier molecular flexibility index (Phi) is 4.46. The van der Waals surface area contributed by atoms with Gasteiger partial charge in [-0.1, -0.05) is 0 Å². The first-order chi connectivity index (χ1) is 9.90. The van der Waals surface area contributed by atoms with Crippen LogP contribution in [0.4, 0.5) is 22.0 Å². The molecule has 1 saturated carbocycles. The second-order valence-electron chi connectivity index (χ2n) is 4.82. The maximum Gasteiger partial charge on any atom is 0.260 e. The second-order valence-corrected chi connectivity index (χ2v) is 4.82. The smallest absolute Gasteiger partial charge is 0.260 e. The van der Waals surface area contributed by atoms with E-state index in [0.717, 1.165) is 4.90 Å². The number of rotatable bonds is 5. The van der Waals surface area contributed by atoms with Gasteiger partial charge in [-0.05, 0) is 25.8 Å². The molecule has 0 aliphatic heterocycles. The van der Waals surface area contributed by atoms with Gasteiger partial charge in [0.15, 0.2) is 23.3 Å². The molecule has 116 valence electrons. The topological polar surface area (TPSA) is 46.3 Å². The average Bonchev–Trinajstić information content (AvgIpc) is 3.28. The van der Waals surface area contributed by atoms with Crippen LogP contribution < -0.4 is 5.73 Å². The van der Waals surface area contributed by atoms with E-state index in [9.17, 15) is 26.7 Å². The third kappa shape index (κ3) is 2.85. The minimum Gasteiger partial charge on any atom is -0.335 e. The molecule has 1 aliphatic rings. The van der Waals surface area contributed by atoms with E-state index in [-0.39, 0.29) is 19.1 Å². The molecule has 0 aromatic heterocycles. The monoisotopic (exact) mass is 308 g/mol. The lowest BCUT2D eigenvalue weighted by Crippen LogP contribution is -2.36. The Morgan fingerprint density at radius 1 is 1.00 bits per heavy atom. The molecule has 2 rings (SSSR count). The maximum atomic E-state index is 13.6. The standard InChI is InChI=1S/C13H13F5N2O/c14-8-7(9(15)11(17)12(18)10(8)16)13(21)20(5-1-4-19)6-2-3-6/h6H,1-5,19H2. The molecule has 8 heteroatoms. The Morgan fingerprint density at radius 2 is 1.48 bits per heavy atom. The summed E-state index contributed by atoms with van der Waals surface area (Å²) in [7, 11) is 0. The van der Waals surface area contributed by atoms with Crippen LogP contribution in [0.25, 0.3) is 0 Å². The average molecular weight is 308 g/mol. The maximum absolute atomic E-state index is 13.6. The summed E-state index contributed by atoms with van der Waals surface area (Å²) in [5, 5.41) is 0. The van der Waals surface area contributed by atoms with Crippen molar-refractivity contribution in [1.82, 2.24) is 4.90 Å². The normalized spacial score (nSPS) is 14.4. The quantitative estimate of drug-likeness (QED) is 0.515. The molecule has 0 spiro atoms. The zero-order valence-electron chi connectivity index (χ0n) is 10.9. The van der Waals surface area contributed by atoms with E-state index >= 15 is 0 Å². The van der Waals surface area contributed by atoms with Crippen LogP contribution in [-0.4, -0.2) is 29.9 Å². The van der Waals surface area contributed by atoms with Crippen LogP contribution in [0.15, 0.2) is 0 Å². The Labute approximate surface area is 117 Å². The molecule has 1 fully saturated rings. The van der Waals surface area contributed by atoms with E-state index in [2.05, 4.69) is 0 Å². The molecule has 1 aromatic rings. The molecule has 3 nitrogen and oxygen atoms in total. The summed E-state index contributed by atoms with van der Waals surface area (Å²) in [4.78, 5) is 13.3. The zero-order chi connectivity index (χ0) is 15.7. The van der Waals surface area contributed by atoms with E-state index in [0.29, 0.717) is 19.3 Å². The Bertz CT molecular complexity index is 545. The van der Waals surface area contributed by atoms with Crippen molar-refractivity contribution in [2.45, 2.75) is 25.3 Å². The summed E-state index contributed by atoms with van der Waals surface area (Å²) in [5.41, 5.74) is 3.90. The zero-order valence-corrected chi connectivity index (χ0v) is 10.9. The minimum atomic E-state index is -2.28. The van der Waals surface area contributed by atoms with Gasteiger partial charge in [-0.15, -0.1) is 0 Å². The molecule has 0 saturated heterocycles. The van der Waals surface area contributed by atoms with Crippen LogP contribution in [0, 0.1) is 29.1 Å². The summed E-state index contributed by atoms with van der Waals surface area (Å²) in [6.07, 6.45) is 1.63. The molecule has 1 aliphatic carbocycles. The molecule has 1 aromatic carbocycles. The first kappa shape index (κ1) is 15.7. The van der Waals surface area contributed by atoms with Crippen LogP contribution in [0.3, 0.4) is 0 Å². The minimum absolute atomic E-state index is 0.111. The van der Waals surface area contributed by atoms with E-state index in [1.165, 1.54) is 0 Å². The number of carbonyl (C=O) groups excluding carboxylic acids is 1. The van der Waals surface area contributed by atoms with Crippen LogP contribution in [0.5, 0.6) is 0 Å². The Balaban J connectivity index is 2.42. The lowest BCUT2D eigenvalue weighted by atomic mass is 10.1. The van der Waals surface area contributed by atoms with Gasteiger partial charge in [-0.25, -0.2) is 22.0 Å². The van der Waals surface area contributed by atoms with Gasteiger partial charge in [-0.2, -0.15) is 0 Å². The molecular formula is C13H13F5N2O. The van der Waals surface area contributed by atoms with E-state index in [1.807, 2.05) is 0 Å². The highest BCUT2D eigenvalue weighted by molar-refractivity contribution is 5.95. The summed E-state index contributed by atoms with van der Waals surface area (Å²) in [6.45, 7) is 0.354. The molecular weight excluding hydrogens is 295 g/mol. The second kappa shape index (κ2) is 5.97. The van der Waals surface area contributed by atoms with Crippen LogP contribution in [-0.2, 0) is 0 Å². The van der Waals surface area contributed by atoms with Crippen molar-refractivity contribution in [3.05, 3.63) is 34.6 Å². The number of hydrogen-bond acceptors (Lipinski definition) is 2. The molecule has 0 bridgehead atoms. The highest BCUT2D eigenvalue weighted by atomic mass is 19.2. The van der Waals surface area contributed by atoms with Crippen LogP contribution >= 0.6 is 0 Å². The molecule has 21 heavy (non-hydrogen) atoms. The first-order valence-electron chi connectivity index (χ1n) is 6.42. The van der Waals surface area contributed by atoms with Crippen molar-refractivity contribution >= 4 is 5.91 Å².